The van der Waals surface area contributed by atoms with E-state index in [4.69, 9.17) is 35.4 Å². The van der Waals surface area contributed by atoms with Gasteiger partial charge in [0.2, 0.25) is 0 Å². The number of amides is 1. The average molecular weight is 550 g/mol. The molecule has 188 valence electrons. The Balaban J connectivity index is 1.15. The molecule has 2 N–H and O–H groups in total. The molecule has 8 heteroatoms. The van der Waals surface area contributed by atoms with Crippen LogP contribution < -0.4 is 15.5 Å². The number of nitrogens with one attached hydrogen (secondary N) is 2. The summed E-state index contributed by atoms with van der Waals surface area (Å²) in [5.41, 5.74) is 3.66. The van der Waals surface area contributed by atoms with E-state index in [0.717, 1.165) is 59.9 Å². The molecule has 4 aromatic carbocycles. The maximum Gasteiger partial charge on any atom is 0.258 e. The first kappa shape index (κ1) is 25.5. The minimum absolute atomic E-state index is 0.241. The number of carbonyl (C=O) groups excluding carboxylic acids is 1. The Kier molecular flexibility index (Phi) is 7.91. The predicted molar refractivity (Wildman–Crippen MR) is 158 cm³/mol. The van der Waals surface area contributed by atoms with Crippen LogP contribution in [0.5, 0.6) is 0 Å². The summed E-state index contributed by atoms with van der Waals surface area (Å²) in [6, 6.07) is 27.1. The molecule has 0 spiro atoms. The number of nitrogens with zero attached hydrogens (tertiary/aromatic N) is 2. The average Bonchev–Trinajstić information content (AvgIpc) is 2.91. The summed E-state index contributed by atoms with van der Waals surface area (Å²) in [5, 5.41) is 9.17. The molecule has 1 amide bonds. The van der Waals surface area contributed by atoms with E-state index in [1.165, 1.54) is 5.56 Å². The van der Waals surface area contributed by atoms with Crippen molar-refractivity contribution in [2.24, 2.45) is 0 Å². The Morgan fingerprint density at radius 1 is 0.784 bits per heavy atom. The summed E-state index contributed by atoms with van der Waals surface area (Å²) < 4.78 is 0. The van der Waals surface area contributed by atoms with Gasteiger partial charge in [-0.25, -0.2) is 0 Å². The van der Waals surface area contributed by atoms with Crippen molar-refractivity contribution in [3.63, 3.8) is 0 Å². The second-order valence-corrected chi connectivity index (χ2v) is 10.2. The number of fused-ring (bicyclic) bond motifs is 1. The fourth-order valence-electron chi connectivity index (χ4n) is 4.59. The molecule has 4 aromatic rings. The van der Waals surface area contributed by atoms with E-state index in [1.54, 1.807) is 6.07 Å². The van der Waals surface area contributed by atoms with Gasteiger partial charge in [0.1, 0.15) is 0 Å². The Hall–Kier alpha value is -3.16. The molecule has 1 aliphatic rings. The van der Waals surface area contributed by atoms with Crippen molar-refractivity contribution in [3.05, 3.63) is 106 Å². The van der Waals surface area contributed by atoms with Gasteiger partial charge in [0, 0.05) is 65.1 Å². The van der Waals surface area contributed by atoms with Crippen LogP contribution in [0.4, 0.5) is 11.4 Å². The minimum Gasteiger partial charge on any atom is -0.369 e. The zero-order valence-electron chi connectivity index (χ0n) is 20.1. The third-order valence-corrected chi connectivity index (χ3v) is 7.46. The number of hydrogen-bond donors (Lipinski definition) is 2. The summed E-state index contributed by atoms with van der Waals surface area (Å²) >= 11 is 18.0. The molecule has 37 heavy (non-hydrogen) atoms. The first-order valence-corrected chi connectivity index (χ1v) is 13.2. The van der Waals surface area contributed by atoms with Gasteiger partial charge in [-0.1, -0.05) is 65.7 Å². The van der Waals surface area contributed by atoms with Gasteiger partial charge in [-0.2, -0.15) is 0 Å². The molecule has 5 nitrogen and oxygen atoms in total. The Morgan fingerprint density at radius 3 is 2.22 bits per heavy atom. The highest BCUT2D eigenvalue weighted by atomic mass is 35.5. The lowest BCUT2D eigenvalue weighted by Gasteiger charge is -2.36. The van der Waals surface area contributed by atoms with Crippen molar-refractivity contribution in [2.75, 3.05) is 36.4 Å². The van der Waals surface area contributed by atoms with E-state index >= 15 is 0 Å². The molecule has 0 aliphatic carbocycles. The van der Waals surface area contributed by atoms with Crippen molar-refractivity contribution in [3.8, 4) is 0 Å². The molecule has 0 saturated carbocycles. The largest absolute Gasteiger partial charge is 0.369 e. The van der Waals surface area contributed by atoms with Crippen molar-refractivity contribution in [2.45, 2.75) is 6.54 Å². The van der Waals surface area contributed by atoms with Crippen LogP contribution in [0.2, 0.25) is 10.0 Å². The highest BCUT2D eigenvalue weighted by molar-refractivity contribution is 7.80. The molecule has 0 bridgehead atoms. The van der Waals surface area contributed by atoms with Crippen LogP contribution in [0, 0.1) is 0 Å². The third-order valence-electron chi connectivity index (χ3n) is 6.55. The molecule has 0 aromatic heterocycles. The number of piperazine rings is 1. The Labute approximate surface area is 232 Å². The van der Waals surface area contributed by atoms with E-state index in [-0.39, 0.29) is 11.0 Å². The lowest BCUT2D eigenvalue weighted by Crippen LogP contribution is -2.46. The summed E-state index contributed by atoms with van der Waals surface area (Å²) in [7, 11) is 0. The van der Waals surface area contributed by atoms with E-state index < -0.39 is 0 Å². The predicted octanol–water partition coefficient (Wildman–Crippen LogP) is 6.60. The van der Waals surface area contributed by atoms with E-state index in [0.29, 0.717) is 10.6 Å². The number of anilines is 2. The lowest BCUT2D eigenvalue weighted by molar-refractivity contribution is 0.0979. The number of thiocarbonyl (C=S) groups is 1. The van der Waals surface area contributed by atoms with Gasteiger partial charge in [0.15, 0.2) is 5.11 Å². The van der Waals surface area contributed by atoms with Crippen LogP contribution >= 0.6 is 35.4 Å². The zero-order valence-corrected chi connectivity index (χ0v) is 22.4. The highest BCUT2D eigenvalue weighted by Gasteiger charge is 2.18. The number of benzene rings is 4. The molecule has 0 radical (unpaired) electrons. The maximum atomic E-state index is 12.9. The van der Waals surface area contributed by atoms with Crippen LogP contribution in [-0.4, -0.2) is 42.1 Å². The standard InChI is InChI=1S/C29H26Cl2N4OS/c30-26-9-2-1-5-20(26)19-34-15-17-35(18-16-34)22-13-11-21(12-14-22)32-29(37)33-28(36)25-8-3-7-24-23(25)6-4-10-27(24)31/h1-14H,15-19H2,(H2,32,33,36,37). The van der Waals surface area contributed by atoms with Crippen LogP contribution in [0.3, 0.4) is 0 Å². The van der Waals surface area contributed by atoms with Crippen LogP contribution in [0.25, 0.3) is 10.8 Å². The second kappa shape index (κ2) is 11.5. The summed E-state index contributed by atoms with van der Waals surface area (Å²) in [6.07, 6.45) is 0. The van der Waals surface area contributed by atoms with Crippen molar-refractivity contribution >= 4 is 68.6 Å². The van der Waals surface area contributed by atoms with Gasteiger partial charge < -0.3 is 10.2 Å². The normalized spacial score (nSPS) is 13.9. The molecular formula is C29H26Cl2N4OS. The number of carbonyl (C=O) groups is 1. The first-order chi connectivity index (χ1) is 18.0. The topological polar surface area (TPSA) is 47.6 Å². The van der Waals surface area contributed by atoms with Gasteiger partial charge in [-0.05, 0) is 65.6 Å². The Morgan fingerprint density at radius 2 is 1.46 bits per heavy atom. The van der Waals surface area contributed by atoms with Gasteiger partial charge >= 0.3 is 0 Å². The maximum absolute atomic E-state index is 12.9. The van der Waals surface area contributed by atoms with Gasteiger partial charge in [0.05, 0.1) is 0 Å². The van der Waals surface area contributed by atoms with Crippen LogP contribution in [0.1, 0.15) is 15.9 Å². The van der Waals surface area contributed by atoms with Crippen molar-refractivity contribution < 1.29 is 4.79 Å². The molecule has 1 aliphatic heterocycles. The molecule has 0 unspecified atom stereocenters. The number of halogens is 2. The summed E-state index contributed by atoms with van der Waals surface area (Å²) in [4.78, 5) is 17.7. The van der Waals surface area contributed by atoms with Crippen LogP contribution in [0.15, 0.2) is 84.9 Å². The quantitative estimate of drug-likeness (QED) is 0.275. The molecule has 0 atom stereocenters. The molecular weight excluding hydrogens is 523 g/mol. The fourth-order valence-corrected chi connectivity index (χ4v) is 5.23. The van der Waals surface area contributed by atoms with E-state index in [9.17, 15) is 4.79 Å². The lowest BCUT2D eigenvalue weighted by atomic mass is 10.0. The number of hydrogen-bond acceptors (Lipinski definition) is 4. The van der Waals surface area contributed by atoms with Gasteiger partial charge in [0.25, 0.3) is 5.91 Å². The first-order valence-electron chi connectivity index (χ1n) is 12.1. The van der Waals surface area contributed by atoms with Gasteiger partial charge in [-0.3, -0.25) is 15.0 Å². The molecule has 5 rings (SSSR count). The molecule has 1 saturated heterocycles. The molecule has 1 heterocycles. The Bertz CT molecular complexity index is 1440. The van der Waals surface area contributed by atoms with Crippen molar-refractivity contribution in [1.82, 2.24) is 10.2 Å². The van der Waals surface area contributed by atoms with Gasteiger partial charge in [-0.15, -0.1) is 0 Å². The smallest absolute Gasteiger partial charge is 0.258 e. The third kappa shape index (κ3) is 6.05. The SMILES string of the molecule is O=C(NC(=S)Nc1ccc(N2CCN(Cc3ccccc3Cl)CC2)cc1)c1cccc2c(Cl)cccc12. The summed E-state index contributed by atoms with van der Waals surface area (Å²) in [6.45, 7) is 4.70. The van der Waals surface area contributed by atoms with E-state index in [2.05, 4.69) is 38.6 Å². The fraction of sp³-hybridized carbons (Fsp3) is 0.172. The van der Waals surface area contributed by atoms with E-state index in [1.807, 2.05) is 60.7 Å². The molecule has 1 fully saturated rings. The monoisotopic (exact) mass is 548 g/mol. The second-order valence-electron chi connectivity index (χ2n) is 8.95. The highest BCUT2D eigenvalue weighted by Crippen LogP contribution is 2.26. The minimum atomic E-state index is -0.281. The number of rotatable bonds is 5. The zero-order chi connectivity index (χ0) is 25.8. The van der Waals surface area contributed by atoms with Crippen molar-refractivity contribution in [1.29, 1.82) is 0 Å². The van der Waals surface area contributed by atoms with Crippen LogP contribution in [-0.2, 0) is 6.54 Å². The summed E-state index contributed by atoms with van der Waals surface area (Å²) in [5.74, 6) is -0.281.